The predicted octanol–water partition coefficient (Wildman–Crippen LogP) is -0.661. The molecule has 7 N–H and O–H groups in total. The van der Waals surface area contributed by atoms with E-state index in [4.69, 9.17) is 17.2 Å². The minimum absolute atomic E-state index is 0.00637. The van der Waals surface area contributed by atoms with Gasteiger partial charge in [0.2, 0.25) is 5.91 Å². The van der Waals surface area contributed by atoms with E-state index < -0.39 is 17.9 Å². The summed E-state index contributed by atoms with van der Waals surface area (Å²) < 4.78 is 0. The van der Waals surface area contributed by atoms with Gasteiger partial charge in [-0.15, -0.1) is 0 Å². The van der Waals surface area contributed by atoms with Gasteiger partial charge in [-0.05, 0) is 13.0 Å². The van der Waals surface area contributed by atoms with E-state index in [2.05, 4.69) is 9.97 Å². The van der Waals surface area contributed by atoms with Gasteiger partial charge in [0.05, 0.1) is 12.4 Å². The highest BCUT2D eigenvalue weighted by atomic mass is 32.2. The second-order valence-electron chi connectivity index (χ2n) is 5.25. The van der Waals surface area contributed by atoms with E-state index in [1.165, 1.54) is 6.33 Å². The molecule has 1 aromatic rings. The lowest BCUT2D eigenvalue weighted by molar-refractivity contribution is -0.123. The van der Waals surface area contributed by atoms with E-state index >= 15 is 0 Å². The highest BCUT2D eigenvalue weighted by Gasteiger charge is 2.24. The molecule has 0 aromatic carbocycles. The fraction of sp³-hybridized carbons (Fsp3) is 0.571. The van der Waals surface area contributed by atoms with Crippen molar-refractivity contribution in [3.8, 4) is 0 Å². The molecule has 0 spiro atoms. The Morgan fingerprint density at radius 3 is 2.65 bits per heavy atom. The molecule has 0 fully saturated rings. The molecule has 9 heteroatoms. The Hall–Kier alpha value is -1.71. The van der Waals surface area contributed by atoms with Gasteiger partial charge in [0.1, 0.15) is 5.78 Å². The number of thioether (sulfide) groups is 1. The number of Topliss-reactive ketones (excluding diaryl/α,β-unsaturated/α-hetero) is 1. The average Bonchev–Trinajstić information content (AvgIpc) is 3.02. The van der Waals surface area contributed by atoms with Crippen molar-refractivity contribution < 1.29 is 14.4 Å². The zero-order chi connectivity index (χ0) is 17.2. The summed E-state index contributed by atoms with van der Waals surface area (Å²) >= 11 is 0.933. The van der Waals surface area contributed by atoms with Crippen LogP contribution in [0.2, 0.25) is 0 Å². The second kappa shape index (κ2) is 10.1. The summed E-state index contributed by atoms with van der Waals surface area (Å²) in [4.78, 5) is 42.1. The van der Waals surface area contributed by atoms with Crippen LogP contribution in [0, 0.1) is 5.92 Å². The van der Waals surface area contributed by atoms with Gasteiger partial charge in [-0.25, -0.2) is 4.98 Å². The van der Waals surface area contributed by atoms with E-state index in [0.717, 1.165) is 17.5 Å². The lowest BCUT2D eigenvalue weighted by atomic mass is 9.96. The number of aromatic nitrogens is 2. The molecule has 2 atom stereocenters. The highest BCUT2D eigenvalue weighted by molar-refractivity contribution is 8.13. The number of ketones is 1. The quantitative estimate of drug-likeness (QED) is 0.416. The predicted molar refractivity (Wildman–Crippen MR) is 88.3 cm³/mol. The number of imidazole rings is 1. The smallest absolute Gasteiger partial charge is 0.235 e. The third kappa shape index (κ3) is 7.40. The summed E-state index contributed by atoms with van der Waals surface area (Å²) in [6, 6.07) is -0.885. The Balaban J connectivity index is 2.63. The fourth-order valence-electron chi connectivity index (χ4n) is 1.95. The Morgan fingerprint density at radius 1 is 1.35 bits per heavy atom. The monoisotopic (exact) mass is 341 g/mol. The van der Waals surface area contributed by atoms with Crippen LogP contribution >= 0.6 is 11.8 Å². The second-order valence-corrected chi connectivity index (χ2v) is 6.28. The molecular weight excluding hydrogens is 318 g/mol. The summed E-state index contributed by atoms with van der Waals surface area (Å²) in [5.41, 5.74) is 16.8. The van der Waals surface area contributed by atoms with Crippen LogP contribution in [0.5, 0.6) is 0 Å². The summed E-state index contributed by atoms with van der Waals surface area (Å²) in [6.07, 6.45) is 4.61. The highest BCUT2D eigenvalue weighted by Crippen LogP contribution is 2.20. The van der Waals surface area contributed by atoms with Crippen LogP contribution in [0.4, 0.5) is 0 Å². The molecule has 0 saturated carbocycles. The molecule has 1 amide bonds. The summed E-state index contributed by atoms with van der Waals surface area (Å²) in [7, 11) is 0. The maximum atomic E-state index is 12.3. The minimum atomic E-state index is -0.885. The first-order valence-electron chi connectivity index (χ1n) is 7.34. The van der Waals surface area contributed by atoms with Crippen molar-refractivity contribution in [3.63, 3.8) is 0 Å². The van der Waals surface area contributed by atoms with Crippen molar-refractivity contribution in [2.45, 2.75) is 31.7 Å². The lowest BCUT2D eigenvalue weighted by Gasteiger charge is -2.15. The van der Waals surface area contributed by atoms with Crippen LogP contribution < -0.4 is 17.2 Å². The van der Waals surface area contributed by atoms with E-state index in [-0.39, 0.29) is 23.1 Å². The van der Waals surface area contributed by atoms with E-state index in [1.54, 1.807) is 6.20 Å². The van der Waals surface area contributed by atoms with Gasteiger partial charge in [0.25, 0.3) is 0 Å². The number of H-pyrrole nitrogens is 1. The molecule has 1 heterocycles. The zero-order valence-electron chi connectivity index (χ0n) is 12.9. The molecule has 23 heavy (non-hydrogen) atoms. The number of nitrogens with two attached hydrogens (primary N) is 3. The summed E-state index contributed by atoms with van der Waals surface area (Å²) in [5.74, 6) is -1.06. The number of aromatic amines is 1. The molecule has 0 aliphatic carbocycles. The maximum Gasteiger partial charge on any atom is 0.235 e. The van der Waals surface area contributed by atoms with Crippen molar-refractivity contribution in [3.05, 3.63) is 18.2 Å². The number of rotatable bonds is 11. The molecular formula is C14H23N5O3S. The Kier molecular flexibility index (Phi) is 8.52. The summed E-state index contributed by atoms with van der Waals surface area (Å²) in [5, 5.41) is -0.183. The van der Waals surface area contributed by atoms with Crippen LogP contribution in [0.1, 0.15) is 25.0 Å². The third-order valence-electron chi connectivity index (χ3n) is 3.26. The van der Waals surface area contributed by atoms with E-state index in [0.29, 0.717) is 25.8 Å². The SMILES string of the molecule is NCCCC(=O)C[C@@H](Cc1cnc[nH]1)C(=O)SCC(N)C(N)=O. The molecule has 8 nitrogen and oxygen atoms in total. The van der Waals surface area contributed by atoms with E-state index in [9.17, 15) is 14.4 Å². The first kappa shape index (κ1) is 19.3. The van der Waals surface area contributed by atoms with Gasteiger partial charge >= 0.3 is 0 Å². The molecule has 128 valence electrons. The van der Waals surface area contributed by atoms with Crippen molar-refractivity contribution in [2.75, 3.05) is 12.3 Å². The van der Waals surface area contributed by atoms with Crippen LogP contribution in [0.25, 0.3) is 0 Å². The van der Waals surface area contributed by atoms with Gasteiger partial charge in [0, 0.05) is 42.8 Å². The largest absolute Gasteiger partial charge is 0.368 e. The number of carbonyl (C=O) groups excluding carboxylic acids is 3. The Labute approximate surface area is 139 Å². The Morgan fingerprint density at radius 2 is 2.09 bits per heavy atom. The molecule has 0 aliphatic heterocycles. The minimum Gasteiger partial charge on any atom is -0.368 e. The lowest BCUT2D eigenvalue weighted by Crippen LogP contribution is -2.39. The molecule has 0 bridgehead atoms. The summed E-state index contributed by atoms with van der Waals surface area (Å²) in [6.45, 7) is 0.438. The number of hydrogen-bond donors (Lipinski definition) is 4. The maximum absolute atomic E-state index is 12.3. The van der Waals surface area contributed by atoms with Gasteiger partial charge < -0.3 is 22.2 Å². The molecule has 1 unspecified atom stereocenters. The van der Waals surface area contributed by atoms with Crippen molar-refractivity contribution >= 4 is 28.6 Å². The van der Waals surface area contributed by atoms with Crippen molar-refractivity contribution in [2.24, 2.45) is 23.1 Å². The molecule has 0 radical (unpaired) electrons. The Bertz CT molecular complexity index is 520. The number of nitrogens with one attached hydrogen (secondary N) is 1. The number of carbonyl (C=O) groups is 3. The van der Waals surface area contributed by atoms with Gasteiger partial charge in [-0.1, -0.05) is 11.8 Å². The number of amides is 1. The fourth-order valence-corrected chi connectivity index (χ4v) is 2.86. The first-order chi connectivity index (χ1) is 10.9. The van der Waals surface area contributed by atoms with Gasteiger partial charge in [0.15, 0.2) is 5.12 Å². The van der Waals surface area contributed by atoms with E-state index in [1.807, 2.05) is 0 Å². The third-order valence-corrected chi connectivity index (χ3v) is 4.40. The molecule has 0 aliphatic rings. The molecule has 0 saturated heterocycles. The van der Waals surface area contributed by atoms with Crippen LogP contribution in [-0.4, -0.2) is 45.1 Å². The van der Waals surface area contributed by atoms with Crippen LogP contribution in [0.15, 0.2) is 12.5 Å². The number of primary amides is 1. The number of hydrogen-bond acceptors (Lipinski definition) is 7. The topological polar surface area (TPSA) is 158 Å². The van der Waals surface area contributed by atoms with Gasteiger partial charge in [-0.3, -0.25) is 14.4 Å². The zero-order valence-corrected chi connectivity index (χ0v) is 13.7. The molecule has 1 aromatic heterocycles. The van der Waals surface area contributed by atoms with Crippen LogP contribution in [0.3, 0.4) is 0 Å². The van der Waals surface area contributed by atoms with Crippen LogP contribution in [-0.2, 0) is 20.8 Å². The average molecular weight is 341 g/mol. The van der Waals surface area contributed by atoms with Gasteiger partial charge in [-0.2, -0.15) is 0 Å². The van der Waals surface area contributed by atoms with Crippen molar-refractivity contribution in [1.29, 1.82) is 0 Å². The number of nitrogens with zero attached hydrogens (tertiary/aromatic N) is 1. The first-order valence-corrected chi connectivity index (χ1v) is 8.33. The standard InChI is InChI=1S/C14H23N5O3S/c15-3-1-2-11(20)5-9(4-10-6-18-8-19-10)14(22)23-7-12(16)13(17)21/h6,8-9,12H,1-5,7,15-16H2,(H2,17,21)(H,18,19)/t9-,12?/m1/s1. The van der Waals surface area contributed by atoms with Crippen molar-refractivity contribution in [1.82, 2.24) is 9.97 Å². The molecule has 1 rings (SSSR count). The normalized spacial score (nSPS) is 13.5.